The van der Waals surface area contributed by atoms with Gasteiger partial charge in [-0.05, 0) is 50.7 Å². The molecule has 1 heterocycles. The molecule has 2 aromatic carbocycles. The molecule has 0 aliphatic rings. The highest BCUT2D eigenvalue weighted by Gasteiger charge is 2.17. The van der Waals surface area contributed by atoms with Gasteiger partial charge in [0.05, 0.1) is 22.7 Å². The summed E-state index contributed by atoms with van der Waals surface area (Å²) in [6.07, 6.45) is 0. The van der Waals surface area contributed by atoms with E-state index in [1.807, 2.05) is 12.1 Å². The lowest BCUT2D eigenvalue weighted by Gasteiger charge is -2.18. The van der Waals surface area contributed by atoms with Crippen molar-refractivity contribution in [2.24, 2.45) is 0 Å². The van der Waals surface area contributed by atoms with E-state index in [1.54, 1.807) is 19.1 Å². The number of anilines is 2. The Morgan fingerprint density at radius 2 is 1.67 bits per heavy atom. The number of sulfonamides is 1. The van der Waals surface area contributed by atoms with Crippen LogP contribution in [0.15, 0.2) is 42.5 Å². The van der Waals surface area contributed by atoms with Gasteiger partial charge in [0.2, 0.25) is 10.0 Å². The van der Waals surface area contributed by atoms with Crippen LogP contribution in [-0.4, -0.2) is 36.7 Å². The van der Waals surface area contributed by atoms with Crippen LogP contribution in [0.3, 0.4) is 0 Å². The molecule has 0 atom stereocenters. The van der Waals surface area contributed by atoms with Crippen molar-refractivity contribution >= 4 is 32.3 Å². The van der Waals surface area contributed by atoms with Crippen molar-refractivity contribution in [1.29, 1.82) is 0 Å². The fraction of sp³-hybridized carbons (Fsp3) is 0.391. The van der Waals surface area contributed by atoms with E-state index in [9.17, 15) is 8.42 Å². The molecule has 0 fully saturated rings. The number of benzene rings is 2. The van der Waals surface area contributed by atoms with Crippen LogP contribution in [0.4, 0.5) is 11.4 Å². The Morgan fingerprint density at radius 3 is 2.23 bits per heavy atom. The van der Waals surface area contributed by atoms with E-state index in [4.69, 9.17) is 5.73 Å². The first-order valence-corrected chi connectivity index (χ1v) is 12.2. The van der Waals surface area contributed by atoms with Crippen LogP contribution in [0.2, 0.25) is 0 Å². The molecule has 0 amide bonds. The predicted molar refractivity (Wildman–Crippen MR) is 127 cm³/mol. The molecule has 30 heavy (non-hydrogen) atoms. The van der Waals surface area contributed by atoms with E-state index >= 15 is 0 Å². The summed E-state index contributed by atoms with van der Waals surface area (Å²) >= 11 is 0. The summed E-state index contributed by atoms with van der Waals surface area (Å²) in [4.78, 5) is 2.39. The number of nitrogen functional groups attached to an aromatic ring is 1. The zero-order valence-electron chi connectivity index (χ0n) is 18.3. The maximum atomic E-state index is 11.8. The predicted octanol–water partition coefficient (Wildman–Crippen LogP) is 4.51. The number of nitrogens with two attached hydrogens (primary N) is 1. The Bertz CT molecular complexity index is 1110. The molecule has 0 saturated carbocycles. The number of hydrogen-bond acceptors (Lipinski definition) is 4. The van der Waals surface area contributed by atoms with E-state index in [0.29, 0.717) is 5.69 Å². The lowest BCUT2D eigenvalue weighted by Crippen LogP contribution is -2.22. The van der Waals surface area contributed by atoms with E-state index in [1.165, 1.54) is 5.56 Å². The normalized spacial score (nSPS) is 12.0. The van der Waals surface area contributed by atoms with Crippen LogP contribution < -0.4 is 10.5 Å². The zero-order chi connectivity index (χ0) is 21.9. The van der Waals surface area contributed by atoms with Gasteiger partial charge in [0.25, 0.3) is 0 Å². The smallest absolute Gasteiger partial charge is 0.232 e. The molecule has 0 aliphatic heterocycles. The number of nitrogens with zero attached hydrogens (tertiary/aromatic N) is 2. The summed E-state index contributed by atoms with van der Waals surface area (Å²) < 4.78 is 28.4. The van der Waals surface area contributed by atoms with Crippen molar-refractivity contribution in [3.63, 3.8) is 0 Å². The number of fused-ring (bicyclic) bond motifs is 1. The lowest BCUT2D eigenvalue weighted by molar-refractivity contribution is 0.296. The maximum absolute atomic E-state index is 11.8. The van der Waals surface area contributed by atoms with Crippen LogP contribution >= 0.6 is 0 Å². The molecule has 6 nitrogen and oxygen atoms in total. The Hall–Kier alpha value is -2.51. The fourth-order valence-electron chi connectivity index (χ4n) is 3.81. The van der Waals surface area contributed by atoms with Gasteiger partial charge in [-0.15, -0.1) is 0 Å². The molecule has 1 aromatic heterocycles. The Kier molecular flexibility index (Phi) is 6.73. The Labute approximate surface area is 179 Å². The number of hydrogen-bond donors (Lipinski definition) is 2. The number of aryl methyl sites for hydroxylation is 1. The standard InChI is InChI=1S/C23H32N4O2S/c1-5-26(6-2)16-17-9-14-20-21(15-17)27(7-3)23(22(20)24)18-10-12-19(13-11-18)25-30(28,29)8-4/h9-15,25H,5-8,16,24H2,1-4H3. The summed E-state index contributed by atoms with van der Waals surface area (Å²) in [6, 6.07) is 13.9. The third-order valence-electron chi connectivity index (χ3n) is 5.60. The first kappa shape index (κ1) is 22.2. The van der Waals surface area contributed by atoms with Gasteiger partial charge < -0.3 is 10.3 Å². The number of nitrogens with one attached hydrogen (secondary N) is 1. The van der Waals surface area contributed by atoms with Gasteiger partial charge in [0, 0.05) is 29.7 Å². The van der Waals surface area contributed by atoms with Crippen molar-refractivity contribution in [2.45, 2.75) is 40.8 Å². The van der Waals surface area contributed by atoms with Gasteiger partial charge in [0.1, 0.15) is 0 Å². The van der Waals surface area contributed by atoms with Crippen LogP contribution in [0.25, 0.3) is 22.2 Å². The molecule has 3 rings (SSSR count). The summed E-state index contributed by atoms with van der Waals surface area (Å²) in [5, 5.41) is 1.05. The highest BCUT2D eigenvalue weighted by molar-refractivity contribution is 7.92. The summed E-state index contributed by atoms with van der Waals surface area (Å²) in [6.45, 7) is 11.8. The first-order chi connectivity index (χ1) is 14.3. The van der Waals surface area contributed by atoms with Crippen molar-refractivity contribution in [1.82, 2.24) is 9.47 Å². The molecule has 162 valence electrons. The molecular formula is C23H32N4O2S. The van der Waals surface area contributed by atoms with Crippen LogP contribution in [-0.2, 0) is 23.1 Å². The molecule has 0 bridgehead atoms. The summed E-state index contributed by atoms with van der Waals surface area (Å²) in [5.41, 5.74) is 12.2. The average Bonchev–Trinajstić information content (AvgIpc) is 3.03. The SMILES string of the molecule is CCN(CC)Cc1ccc2c(N)c(-c3ccc(NS(=O)(=O)CC)cc3)n(CC)c2c1. The van der Waals surface area contributed by atoms with E-state index < -0.39 is 10.0 Å². The summed E-state index contributed by atoms with van der Waals surface area (Å²) in [5.74, 6) is 0.0433. The van der Waals surface area contributed by atoms with Crippen LogP contribution in [0.1, 0.15) is 33.3 Å². The fourth-order valence-corrected chi connectivity index (χ4v) is 4.45. The highest BCUT2D eigenvalue weighted by atomic mass is 32.2. The first-order valence-electron chi connectivity index (χ1n) is 10.6. The quantitative estimate of drug-likeness (QED) is 0.525. The van der Waals surface area contributed by atoms with Crippen molar-refractivity contribution in [3.8, 4) is 11.3 Å². The minimum atomic E-state index is -3.29. The molecule has 7 heteroatoms. The third kappa shape index (κ3) is 4.47. The molecule has 3 N–H and O–H groups in total. The lowest BCUT2D eigenvalue weighted by atomic mass is 10.1. The zero-order valence-corrected chi connectivity index (χ0v) is 19.1. The number of aromatic nitrogens is 1. The van der Waals surface area contributed by atoms with Gasteiger partial charge in [-0.1, -0.05) is 38.1 Å². The Morgan fingerprint density at radius 1 is 1.00 bits per heavy atom. The van der Waals surface area contributed by atoms with Crippen LogP contribution in [0.5, 0.6) is 0 Å². The van der Waals surface area contributed by atoms with E-state index in [0.717, 1.165) is 54.0 Å². The minimum Gasteiger partial charge on any atom is -0.396 e. The maximum Gasteiger partial charge on any atom is 0.232 e. The van der Waals surface area contributed by atoms with Gasteiger partial charge >= 0.3 is 0 Å². The van der Waals surface area contributed by atoms with Crippen molar-refractivity contribution < 1.29 is 8.42 Å². The second-order valence-corrected chi connectivity index (χ2v) is 9.41. The largest absolute Gasteiger partial charge is 0.396 e. The second kappa shape index (κ2) is 9.10. The highest BCUT2D eigenvalue weighted by Crippen LogP contribution is 2.37. The minimum absolute atomic E-state index is 0.0433. The molecule has 0 unspecified atom stereocenters. The van der Waals surface area contributed by atoms with E-state index in [2.05, 4.69) is 53.2 Å². The van der Waals surface area contributed by atoms with Gasteiger partial charge in [-0.25, -0.2) is 8.42 Å². The van der Waals surface area contributed by atoms with Crippen molar-refractivity contribution in [2.75, 3.05) is 29.3 Å². The molecule has 3 aromatic rings. The van der Waals surface area contributed by atoms with Gasteiger partial charge in [-0.2, -0.15) is 0 Å². The Balaban J connectivity index is 2.02. The molecular weight excluding hydrogens is 396 g/mol. The second-order valence-electron chi connectivity index (χ2n) is 7.40. The third-order valence-corrected chi connectivity index (χ3v) is 6.90. The summed E-state index contributed by atoms with van der Waals surface area (Å²) in [7, 11) is -3.29. The van der Waals surface area contributed by atoms with Crippen LogP contribution in [0, 0.1) is 0 Å². The topological polar surface area (TPSA) is 80.4 Å². The monoisotopic (exact) mass is 428 g/mol. The molecule has 0 saturated heterocycles. The molecule has 0 radical (unpaired) electrons. The number of rotatable bonds is 9. The van der Waals surface area contributed by atoms with Gasteiger partial charge in [-0.3, -0.25) is 9.62 Å². The molecule has 0 spiro atoms. The average molecular weight is 429 g/mol. The molecule has 0 aliphatic carbocycles. The van der Waals surface area contributed by atoms with E-state index in [-0.39, 0.29) is 5.75 Å². The van der Waals surface area contributed by atoms with Gasteiger partial charge in [0.15, 0.2) is 0 Å². The van der Waals surface area contributed by atoms with Crippen molar-refractivity contribution in [3.05, 3.63) is 48.0 Å².